The lowest BCUT2D eigenvalue weighted by atomic mass is 10.2. The molecule has 0 saturated carbocycles. The molecular formula is C14H18N4. The quantitative estimate of drug-likeness (QED) is 0.795. The van der Waals surface area contributed by atoms with Gasteiger partial charge in [0, 0.05) is 24.2 Å². The number of pyridine rings is 1. The summed E-state index contributed by atoms with van der Waals surface area (Å²) in [5, 5.41) is 3.33. The molecule has 1 aliphatic rings. The van der Waals surface area contributed by atoms with Crippen LogP contribution in [0.1, 0.15) is 19.3 Å². The number of nitrogens with two attached hydrogens (primary N) is 1. The van der Waals surface area contributed by atoms with Gasteiger partial charge in [0.2, 0.25) is 0 Å². The van der Waals surface area contributed by atoms with Crippen molar-refractivity contribution in [2.75, 3.05) is 24.2 Å². The van der Waals surface area contributed by atoms with E-state index in [-0.39, 0.29) is 0 Å². The molecule has 2 heterocycles. The third kappa shape index (κ3) is 2.38. The summed E-state index contributed by atoms with van der Waals surface area (Å²) in [5.74, 6) is 0.911. The maximum absolute atomic E-state index is 5.76. The van der Waals surface area contributed by atoms with Crippen LogP contribution in [-0.4, -0.2) is 23.1 Å². The first kappa shape index (κ1) is 11.3. The van der Waals surface area contributed by atoms with Crippen molar-refractivity contribution < 1.29 is 0 Å². The van der Waals surface area contributed by atoms with E-state index in [4.69, 9.17) is 5.73 Å². The predicted octanol–water partition coefficient (Wildman–Crippen LogP) is 2.63. The molecule has 94 valence electrons. The molecule has 18 heavy (non-hydrogen) atoms. The van der Waals surface area contributed by atoms with Crippen LogP contribution >= 0.6 is 0 Å². The first-order valence-corrected chi connectivity index (χ1v) is 6.49. The summed E-state index contributed by atoms with van der Waals surface area (Å²) in [6, 6.07) is 9.88. The van der Waals surface area contributed by atoms with E-state index in [9.17, 15) is 0 Å². The highest BCUT2D eigenvalue weighted by Crippen LogP contribution is 2.19. The third-order valence-corrected chi connectivity index (χ3v) is 3.34. The Morgan fingerprint density at radius 3 is 2.72 bits per heavy atom. The first-order valence-electron chi connectivity index (χ1n) is 6.49. The van der Waals surface area contributed by atoms with E-state index in [0.29, 0.717) is 0 Å². The minimum absolute atomic E-state index is 0.779. The highest BCUT2D eigenvalue weighted by molar-refractivity contribution is 5.83. The molecule has 1 fully saturated rings. The first-order chi connectivity index (χ1) is 8.81. The summed E-state index contributed by atoms with van der Waals surface area (Å²) in [6.07, 6.45) is 3.86. The van der Waals surface area contributed by atoms with E-state index >= 15 is 0 Å². The molecule has 4 nitrogen and oxygen atoms in total. The van der Waals surface area contributed by atoms with Crippen LogP contribution in [0.25, 0.3) is 10.9 Å². The largest absolute Gasteiger partial charge is 0.399 e. The van der Waals surface area contributed by atoms with Crippen LogP contribution in [0.15, 0.2) is 30.3 Å². The van der Waals surface area contributed by atoms with Gasteiger partial charge in [-0.05, 0) is 43.2 Å². The Labute approximate surface area is 107 Å². The number of fused-ring (bicyclic) bond motifs is 1. The molecule has 0 spiro atoms. The highest BCUT2D eigenvalue weighted by atomic mass is 15.5. The Kier molecular flexibility index (Phi) is 3.02. The topological polar surface area (TPSA) is 54.2 Å². The van der Waals surface area contributed by atoms with Gasteiger partial charge in [0.05, 0.1) is 5.52 Å². The van der Waals surface area contributed by atoms with Crippen molar-refractivity contribution in [3.63, 3.8) is 0 Å². The van der Waals surface area contributed by atoms with Gasteiger partial charge in [-0.3, -0.25) is 0 Å². The SMILES string of the molecule is Nc1ccc2nc(NN3CCCCC3)ccc2c1. The molecule has 0 radical (unpaired) electrons. The molecule has 0 atom stereocenters. The molecule has 1 saturated heterocycles. The zero-order chi connectivity index (χ0) is 12.4. The maximum Gasteiger partial charge on any atom is 0.141 e. The number of nitrogen functional groups attached to an aromatic ring is 1. The number of benzene rings is 1. The number of hydrogen-bond donors (Lipinski definition) is 2. The van der Waals surface area contributed by atoms with Gasteiger partial charge in [0.1, 0.15) is 5.82 Å². The standard InChI is InChI=1S/C14H18N4/c15-12-5-6-13-11(10-12)4-7-14(16-13)17-18-8-2-1-3-9-18/h4-7,10H,1-3,8-9,15H2,(H,16,17). The molecule has 3 N–H and O–H groups in total. The fraction of sp³-hybridized carbons (Fsp3) is 0.357. The summed E-state index contributed by atoms with van der Waals surface area (Å²) < 4.78 is 0. The van der Waals surface area contributed by atoms with Crippen molar-refractivity contribution in [1.29, 1.82) is 0 Å². The van der Waals surface area contributed by atoms with Gasteiger partial charge in [-0.1, -0.05) is 6.42 Å². The summed E-state index contributed by atoms with van der Waals surface area (Å²) in [7, 11) is 0. The number of nitrogens with one attached hydrogen (secondary N) is 1. The van der Waals surface area contributed by atoms with E-state index in [1.165, 1.54) is 19.3 Å². The van der Waals surface area contributed by atoms with E-state index in [0.717, 1.165) is 35.5 Å². The number of anilines is 2. The summed E-state index contributed by atoms with van der Waals surface area (Å²) in [4.78, 5) is 4.60. The Morgan fingerprint density at radius 2 is 1.89 bits per heavy atom. The Bertz CT molecular complexity index is 546. The van der Waals surface area contributed by atoms with Crippen molar-refractivity contribution in [2.24, 2.45) is 0 Å². The average Bonchev–Trinajstić information content (AvgIpc) is 2.40. The Hall–Kier alpha value is -1.81. The van der Waals surface area contributed by atoms with Gasteiger partial charge in [-0.15, -0.1) is 0 Å². The summed E-state index contributed by atoms with van der Waals surface area (Å²) in [6.45, 7) is 2.20. The van der Waals surface area contributed by atoms with Gasteiger partial charge >= 0.3 is 0 Å². The van der Waals surface area contributed by atoms with Crippen molar-refractivity contribution in [2.45, 2.75) is 19.3 Å². The van der Waals surface area contributed by atoms with E-state index in [1.807, 2.05) is 24.3 Å². The van der Waals surface area contributed by atoms with Gasteiger partial charge in [0.15, 0.2) is 0 Å². The minimum atomic E-state index is 0.779. The van der Waals surface area contributed by atoms with Gasteiger partial charge in [-0.25, -0.2) is 9.99 Å². The minimum Gasteiger partial charge on any atom is -0.399 e. The molecule has 0 bridgehead atoms. The zero-order valence-electron chi connectivity index (χ0n) is 10.4. The molecule has 2 aromatic rings. The van der Waals surface area contributed by atoms with Crippen LogP contribution in [-0.2, 0) is 0 Å². The van der Waals surface area contributed by atoms with Crippen LogP contribution < -0.4 is 11.2 Å². The molecule has 0 unspecified atom stereocenters. The maximum atomic E-state index is 5.76. The second kappa shape index (κ2) is 4.82. The molecule has 0 amide bonds. The van der Waals surface area contributed by atoms with E-state index in [2.05, 4.69) is 21.5 Å². The predicted molar refractivity (Wildman–Crippen MR) is 75.2 cm³/mol. The van der Waals surface area contributed by atoms with E-state index < -0.39 is 0 Å². The molecule has 4 heteroatoms. The average molecular weight is 242 g/mol. The Morgan fingerprint density at radius 1 is 1.06 bits per heavy atom. The number of hydrogen-bond acceptors (Lipinski definition) is 4. The van der Waals surface area contributed by atoms with Gasteiger partial charge < -0.3 is 11.2 Å². The van der Waals surface area contributed by atoms with Crippen molar-refractivity contribution in [1.82, 2.24) is 9.99 Å². The molecule has 1 aliphatic heterocycles. The second-order valence-electron chi connectivity index (χ2n) is 4.81. The molecular weight excluding hydrogens is 224 g/mol. The monoisotopic (exact) mass is 242 g/mol. The number of nitrogens with zero attached hydrogens (tertiary/aromatic N) is 2. The van der Waals surface area contributed by atoms with Gasteiger partial charge in [0.25, 0.3) is 0 Å². The van der Waals surface area contributed by atoms with Crippen molar-refractivity contribution in [3.8, 4) is 0 Å². The fourth-order valence-corrected chi connectivity index (χ4v) is 2.37. The molecule has 3 rings (SSSR count). The number of rotatable bonds is 2. The van der Waals surface area contributed by atoms with Crippen LogP contribution in [0.3, 0.4) is 0 Å². The normalized spacial score (nSPS) is 16.9. The van der Waals surface area contributed by atoms with Crippen LogP contribution in [0, 0.1) is 0 Å². The molecule has 0 aliphatic carbocycles. The Balaban J connectivity index is 1.82. The fourth-order valence-electron chi connectivity index (χ4n) is 2.37. The molecule has 1 aromatic heterocycles. The van der Waals surface area contributed by atoms with E-state index in [1.54, 1.807) is 0 Å². The zero-order valence-corrected chi connectivity index (χ0v) is 10.4. The highest BCUT2D eigenvalue weighted by Gasteiger charge is 2.10. The number of hydrazine groups is 1. The number of piperidine rings is 1. The lowest BCUT2D eigenvalue weighted by molar-refractivity contribution is 0.272. The summed E-state index contributed by atoms with van der Waals surface area (Å²) >= 11 is 0. The van der Waals surface area contributed by atoms with Crippen molar-refractivity contribution >= 4 is 22.4 Å². The summed E-state index contributed by atoms with van der Waals surface area (Å²) in [5.41, 5.74) is 10.9. The van der Waals surface area contributed by atoms with Gasteiger partial charge in [-0.2, -0.15) is 0 Å². The van der Waals surface area contributed by atoms with Crippen LogP contribution in [0.4, 0.5) is 11.5 Å². The molecule has 1 aromatic carbocycles. The third-order valence-electron chi connectivity index (χ3n) is 3.34. The second-order valence-corrected chi connectivity index (χ2v) is 4.81. The lowest BCUT2D eigenvalue weighted by Gasteiger charge is -2.27. The van der Waals surface area contributed by atoms with Crippen molar-refractivity contribution in [3.05, 3.63) is 30.3 Å². The number of aromatic nitrogens is 1. The van der Waals surface area contributed by atoms with Crippen LogP contribution in [0.5, 0.6) is 0 Å². The smallest absolute Gasteiger partial charge is 0.141 e. The van der Waals surface area contributed by atoms with Crippen LogP contribution in [0.2, 0.25) is 0 Å². The lowest BCUT2D eigenvalue weighted by Crippen LogP contribution is -2.35.